The van der Waals surface area contributed by atoms with E-state index in [9.17, 15) is 4.79 Å². The number of carbonyl (C=O) groups excluding carboxylic acids is 1. The number of nitrogens with one attached hydrogen (secondary N) is 2. The first-order chi connectivity index (χ1) is 10.2. The lowest BCUT2D eigenvalue weighted by molar-refractivity contribution is -0.115. The van der Waals surface area contributed by atoms with Gasteiger partial charge in [0.1, 0.15) is 0 Å². The molecular weight excluding hydrogens is 284 g/mol. The number of amides is 1. The van der Waals surface area contributed by atoms with E-state index >= 15 is 0 Å². The van der Waals surface area contributed by atoms with Gasteiger partial charge in [0.25, 0.3) is 0 Å². The van der Waals surface area contributed by atoms with Crippen LogP contribution in [0.3, 0.4) is 0 Å². The van der Waals surface area contributed by atoms with Crippen molar-refractivity contribution in [2.75, 3.05) is 5.32 Å². The van der Waals surface area contributed by atoms with Crippen molar-refractivity contribution in [2.45, 2.75) is 17.3 Å². The Balaban J connectivity index is 1.67. The zero-order valence-electron chi connectivity index (χ0n) is 11.4. The Morgan fingerprint density at radius 2 is 2.14 bits per heavy atom. The van der Waals surface area contributed by atoms with Gasteiger partial charge in [-0.3, -0.25) is 9.78 Å². The molecule has 2 N–H and O–H groups in total. The highest BCUT2D eigenvalue weighted by Crippen LogP contribution is 2.24. The second kappa shape index (κ2) is 5.97. The quantitative estimate of drug-likeness (QED) is 0.726. The van der Waals surface area contributed by atoms with Crippen LogP contribution in [0, 0.1) is 0 Å². The van der Waals surface area contributed by atoms with Crippen LogP contribution in [-0.2, 0) is 4.79 Å². The molecule has 0 spiro atoms. The van der Waals surface area contributed by atoms with Crippen molar-refractivity contribution in [2.24, 2.45) is 0 Å². The second-order valence-corrected chi connectivity index (χ2v) is 5.88. The minimum atomic E-state index is -0.259. The molecule has 2 heterocycles. The van der Waals surface area contributed by atoms with Crippen molar-refractivity contribution in [3.05, 3.63) is 48.8 Å². The highest BCUT2D eigenvalue weighted by Gasteiger charge is 2.16. The number of nitrogens with zero attached hydrogens (tertiary/aromatic N) is 2. The number of benzene rings is 1. The molecule has 0 saturated heterocycles. The summed E-state index contributed by atoms with van der Waals surface area (Å²) in [4.78, 5) is 23.8. The van der Waals surface area contributed by atoms with Gasteiger partial charge in [-0.2, -0.15) is 0 Å². The number of aromatic amines is 1. The van der Waals surface area contributed by atoms with Gasteiger partial charge in [0, 0.05) is 6.20 Å². The Morgan fingerprint density at radius 3 is 2.90 bits per heavy atom. The molecule has 6 heteroatoms. The van der Waals surface area contributed by atoms with Gasteiger partial charge in [0.15, 0.2) is 5.16 Å². The van der Waals surface area contributed by atoms with Crippen molar-refractivity contribution in [3.63, 3.8) is 0 Å². The van der Waals surface area contributed by atoms with Gasteiger partial charge in [-0.05, 0) is 31.2 Å². The predicted octanol–water partition coefficient (Wildman–Crippen LogP) is 3.08. The van der Waals surface area contributed by atoms with Crippen molar-refractivity contribution < 1.29 is 4.79 Å². The van der Waals surface area contributed by atoms with E-state index in [4.69, 9.17) is 0 Å². The van der Waals surface area contributed by atoms with Crippen LogP contribution in [0.25, 0.3) is 11.0 Å². The average molecular weight is 298 g/mol. The van der Waals surface area contributed by atoms with Crippen molar-refractivity contribution in [3.8, 4) is 0 Å². The van der Waals surface area contributed by atoms with Gasteiger partial charge in [-0.1, -0.05) is 23.9 Å². The minimum absolute atomic E-state index is 0.0755. The maximum atomic E-state index is 12.1. The van der Waals surface area contributed by atoms with Gasteiger partial charge in [0.05, 0.1) is 28.2 Å². The first-order valence-electron chi connectivity index (χ1n) is 6.54. The lowest BCUT2D eigenvalue weighted by Gasteiger charge is -2.09. The van der Waals surface area contributed by atoms with E-state index in [1.54, 1.807) is 18.5 Å². The third-order valence-electron chi connectivity index (χ3n) is 2.95. The summed E-state index contributed by atoms with van der Waals surface area (Å²) in [5, 5.41) is 3.31. The van der Waals surface area contributed by atoms with E-state index in [0.29, 0.717) is 5.69 Å². The number of thioether (sulfide) groups is 1. The summed E-state index contributed by atoms with van der Waals surface area (Å²) in [6, 6.07) is 11.4. The van der Waals surface area contributed by atoms with E-state index in [2.05, 4.69) is 20.3 Å². The molecule has 0 aliphatic rings. The summed E-state index contributed by atoms with van der Waals surface area (Å²) < 4.78 is 0. The molecule has 106 valence electrons. The number of H-pyrrole nitrogens is 1. The molecule has 0 bridgehead atoms. The number of carbonyl (C=O) groups is 1. The van der Waals surface area contributed by atoms with E-state index in [-0.39, 0.29) is 11.2 Å². The van der Waals surface area contributed by atoms with Crippen LogP contribution < -0.4 is 5.32 Å². The maximum absolute atomic E-state index is 12.1. The summed E-state index contributed by atoms with van der Waals surface area (Å²) in [5.74, 6) is -0.0755. The summed E-state index contributed by atoms with van der Waals surface area (Å²) in [5.41, 5.74) is 2.57. The van der Waals surface area contributed by atoms with Crippen LogP contribution >= 0.6 is 11.8 Å². The van der Waals surface area contributed by atoms with Gasteiger partial charge in [-0.25, -0.2) is 4.98 Å². The predicted molar refractivity (Wildman–Crippen MR) is 84.3 cm³/mol. The van der Waals surface area contributed by atoms with E-state index in [0.717, 1.165) is 16.2 Å². The fourth-order valence-electron chi connectivity index (χ4n) is 1.89. The Morgan fingerprint density at radius 1 is 1.29 bits per heavy atom. The fourth-order valence-corrected chi connectivity index (χ4v) is 2.71. The third kappa shape index (κ3) is 3.22. The van der Waals surface area contributed by atoms with Crippen molar-refractivity contribution in [1.29, 1.82) is 0 Å². The fraction of sp³-hybridized carbons (Fsp3) is 0.133. The largest absolute Gasteiger partial charge is 0.333 e. The molecule has 1 unspecified atom stereocenters. The summed E-state index contributed by atoms with van der Waals surface area (Å²) in [7, 11) is 0. The summed E-state index contributed by atoms with van der Waals surface area (Å²) in [6.45, 7) is 1.85. The Labute approximate surface area is 126 Å². The van der Waals surface area contributed by atoms with Gasteiger partial charge >= 0.3 is 0 Å². The molecule has 2 aromatic heterocycles. The molecular formula is C15H14N4OS. The first kappa shape index (κ1) is 13.6. The number of fused-ring (bicyclic) bond motifs is 1. The lowest BCUT2D eigenvalue weighted by Crippen LogP contribution is -2.22. The molecule has 0 aliphatic heterocycles. The van der Waals surface area contributed by atoms with Gasteiger partial charge in [0.2, 0.25) is 5.91 Å². The first-order valence-corrected chi connectivity index (χ1v) is 7.42. The molecule has 1 atom stereocenters. The molecule has 1 amide bonds. The molecule has 21 heavy (non-hydrogen) atoms. The zero-order chi connectivity index (χ0) is 14.7. The number of aromatic nitrogens is 3. The van der Waals surface area contributed by atoms with Crippen molar-refractivity contribution in [1.82, 2.24) is 15.0 Å². The van der Waals surface area contributed by atoms with Gasteiger partial charge < -0.3 is 10.3 Å². The van der Waals surface area contributed by atoms with Crippen LogP contribution in [0.4, 0.5) is 5.69 Å². The van der Waals surface area contributed by atoms with Crippen molar-refractivity contribution >= 4 is 34.4 Å². The average Bonchev–Trinajstić information content (AvgIpc) is 2.90. The van der Waals surface area contributed by atoms with E-state index < -0.39 is 0 Å². The topological polar surface area (TPSA) is 70.7 Å². The summed E-state index contributed by atoms with van der Waals surface area (Å²) in [6.07, 6.45) is 3.29. The number of hydrogen-bond donors (Lipinski definition) is 2. The number of rotatable bonds is 4. The molecule has 0 saturated carbocycles. The Kier molecular flexibility index (Phi) is 3.87. The minimum Gasteiger partial charge on any atom is -0.333 e. The summed E-state index contributed by atoms with van der Waals surface area (Å²) >= 11 is 1.40. The van der Waals surface area contributed by atoms with E-state index in [1.165, 1.54) is 11.8 Å². The Bertz CT molecular complexity index is 723. The highest BCUT2D eigenvalue weighted by atomic mass is 32.2. The molecule has 3 aromatic rings. The highest BCUT2D eigenvalue weighted by molar-refractivity contribution is 8.00. The van der Waals surface area contributed by atoms with Crippen LogP contribution in [0.5, 0.6) is 0 Å². The van der Waals surface area contributed by atoms with Crippen LogP contribution in [-0.4, -0.2) is 26.1 Å². The number of hydrogen-bond acceptors (Lipinski definition) is 4. The molecule has 0 fully saturated rings. The second-order valence-electron chi connectivity index (χ2n) is 4.55. The maximum Gasteiger partial charge on any atom is 0.237 e. The monoisotopic (exact) mass is 298 g/mol. The van der Waals surface area contributed by atoms with Crippen LogP contribution in [0.2, 0.25) is 0 Å². The third-order valence-corrected chi connectivity index (χ3v) is 3.94. The number of pyridine rings is 1. The molecule has 5 nitrogen and oxygen atoms in total. The van der Waals surface area contributed by atoms with E-state index in [1.807, 2.05) is 37.3 Å². The standard InChI is InChI=1S/C15H14N4OS/c1-10(14(20)17-11-5-4-8-16-9-11)21-15-18-12-6-2-3-7-13(12)19-15/h2-10H,1H3,(H,17,20)(H,18,19). The molecule has 0 radical (unpaired) electrons. The van der Waals surface area contributed by atoms with Gasteiger partial charge in [-0.15, -0.1) is 0 Å². The normalized spacial score (nSPS) is 12.2. The SMILES string of the molecule is CC(Sc1nc2ccccc2[nH]1)C(=O)Nc1cccnc1. The molecule has 3 rings (SSSR count). The van der Waals surface area contributed by atoms with Crippen LogP contribution in [0.1, 0.15) is 6.92 Å². The lowest BCUT2D eigenvalue weighted by atomic mass is 10.3. The molecule has 0 aliphatic carbocycles. The number of para-hydroxylation sites is 2. The zero-order valence-corrected chi connectivity index (χ0v) is 12.2. The van der Waals surface area contributed by atoms with Crippen LogP contribution in [0.15, 0.2) is 53.9 Å². The smallest absolute Gasteiger partial charge is 0.237 e. The molecule has 1 aromatic carbocycles. The Hall–Kier alpha value is -2.34. The number of imidazole rings is 1. The number of anilines is 1.